The minimum atomic E-state index is -0.122. The molecule has 2 heterocycles. The molecule has 2 aromatic rings. The third-order valence-corrected chi connectivity index (χ3v) is 5.42. The molecule has 2 fully saturated rings. The van der Waals surface area contributed by atoms with Gasteiger partial charge >= 0.3 is 6.03 Å². The first-order valence-electron chi connectivity index (χ1n) is 9.86. The number of carbonyl (C=O) groups excluding carboxylic acids is 1. The molecule has 28 heavy (non-hydrogen) atoms. The van der Waals surface area contributed by atoms with Crippen LogP contribution in [0.4, 0.5) is 10.6 Å². The molecule has 1 aliphatic carbocycles. The summed E-state index contributed by atoms with van der Waals surface area (Å²) in [6.45, 7) is 4.47. The van der Waals surface area contributed by atoms with Crippen molar-refractivity contribution in [2.24, 2.45) is 5.41 Å². The third-order valence-electron chi connectivity index (χ3n) is 5.42. The van der Waals surface area contributed by atoms with Crippen LogP contribution in [-0.2, 0) is 0 Å². The molecule has 1 aromatic carbocycles. The molecule has 0 bridgehead atoms. The first-order chi connectivity index (χ1) is 13.6. The van der Waals surface area contributed by atoms with Crippen molar-refractivity contribution < 1.29 is 9.53 Å². The monoisotopic (exact) mass is 378 g/mol. The Morgan fingerprint density at radius 2 is 2.07 bits per heavy atom. The van der Waals surface area contributed by atoms with Gasteiger partial charge in [0.25, 0.3) is 0 Å². The minimum Gasteiger partial charge on any atom is -0.493 e. The Hall–Kier alpha value is -2.89. The smallest absolute Gasteiger partial charge is 0.323 e. The normalized spacial score (nSPS) is 17.8. The second-order valence-corrected chi connectivity index (χ2v) is 8.00. The Kier molecular flexibility index (Phi) is 5.28. The zero-order chi connectivity index (χ0) is 19.4. The number of carbonyl (C=O) groups is 1. The summed E-state index contributed by atoms with van der Waals surface area (Å²) in [5.41, 5.74) is 2.90. The van der Waals surface area contributed by atoms with Crippen molar-refractivity contribution in [1.82, 2.24) is 15.1 Å². The van der Waals surface area contributed by atoms with Crippen molar-refractivity contribution in [2.45, 2.75) is 32.6 Å². The maximum atomic E-state index is 12.3. The number of likely N-dealkylation sites (tertiary alicyclic amines) is 1. The molecular weight excluding hydrogens is 352 g/mol. The highest BCUT2D eigenvalue weighted by Gasteiger charge is 2.38. The molecule has 2 aliphatic rings. The first-order valence-corrected chi connectivity index (χ1v) is 9.86. The van der Waals surface area contributed by atoms with Gasteiger partial charge < -0.3 is 9.64 Å². The number of nitrogens with one attached hydrogen (secondary N) is 1. The Morgan fingerprint density at radius 3 is 2.79 bits per heavy atom. The van der Waals surface area contributed by atoms with Crippen LogP contribution in [0.25, 0.3) is 6.08 Å². The van der Waals surface area contributed by atoms with Crippen LogP contribution in [0, 0.1) is 5.41 Å². The van der Waals surface area contributed by atoms with E-state index in [1.54, 1.807) is 18.3 Å². The predicted molar refractivity (Wildman–Crippen MR) is 109 cm³/mol. The fourth-order valence-corrected chi connectivity index (χ4v) is 3.24. The summed E-state index contributed by atoms with van der Waals surface area (Å²) in [6.07, 6.45) is 8.08. The minimum absolute atomic E-state index is 0.122. The third kappa shape index (κ3) is 4.88. The fraction of sp³-hybridized carbons (Fsp3) is 0.409. The quantitative estimate of drug-likeness (QED) is 0.839. The Labute approximate surface area is 165 Å². The largest absolute Gasteiger partial charge is 0.493 e. The SMILES string of the molecule is CC1(COc2cccc(C=C3CCN(C(=O)Nc4cccnn4)CC3)c2)CC1. The van der Waals surface area contributed by atoms with Crippen molar-refractivity contribution >= 4 is 17.9 Å². The molecule has 1 aliphatic heterocycles. The highest BCUT2D eigenvalue weighted by atomic mass is 16.5. The van der Waals surface area contributed by atoms with Gasteiger partial charge in [0, 0.05) is 24.7 Å². The van der Waals surface area contributed by atoms with Gasteiger partial charge in [0.1, 0.15) is 5.75 Å². The Morgan fingerprint density at radius 1 is 1.25 bits per heavy atom. The number of rotatable bonds is 5. The number of urea groups is 1. The molecule has 0 atom stereocenters. The van der Waals surface area contributed by atoms with E-state index in [0.29, 0.717) is 24.3 Å². The second-order valence-electron chi connectivity index (χ2n) is 8.00. The molecule has 2 amide bonds. The topological polar surface area (TPSA) is 67.3 Å². The van der Waals surface area contributed by atoms with Crippen LogP contribution < -0.4 is 10.1 Å². The van der Waals surface area contributed by atoms with E-state index in [4.69, 9.17) is 4.74 Å². The second kappa shape index (κ2) is 8.00. The predicted octanol–water partition coefficient (Wildman–Crippen LogP) is 4.37. The highest BCUT2D eigenvalue weighted by molar-refractivity contribution is 5.88. The lowest BCUT2D eigenvalue weighted by molar-refractivity contribution is 0.207. The van der Waals surface area contributed by atoms with Gasteiger partial charge in [0.2, 0.25) is 0 Å². The number of ether oxygens (including phenoxy) is 1. The molecule has 6 heteroatoms. The van der Waals surface area contributed by atoms with Crippen LogP contribution in [0.5, 0.6) is 5.75 Å². The summed E-state index contributed by atoms with van der Waals surface area (Å²) < 4.78 is 5.97. The van der Waals surface area contributed by atoms with Gasteiger partial charge in [-0.25, -0.2) is 4.79 Å². The molecular formula is C22H26N4O2. The van der Waals surface area contributed by atoms with Crippen LogP contribution in [-0.4, -0.2) is 40.8 Å². The lowest BCUT2D eigenvalue weighted by Gasteiger charge is -2.28. The standard InChI is InChI=1S/C22H26N4O2/c1-22(9-10-22)16-28-19-5-2-4-18(15-19)14-17-7-12-26(13-8-17)21(27)24-20-6-3-11-23-25-20/h2-6,11,14-15H,7-10,12-13,16H2,1H3,(H,24,25,27). The van der Waals surface area contributed by atoms with Gasteiger partial charge in [0.15, 0.2) is 5.82 Å². The van der Waals surface area contributed by atoms with Crippen LogP contribution in [0.2, 0.25) is 0 Å². The maximum absolute atomic E-state index is 12.3. The van der Waals surface area contributed by atoms with E-state index < -0.39 is 0 Å². The van der Waals surface area contributed by atoms with E-state index >= 15 is 0 Å². The maximum Gasteiger partial charge on any atom is 0.323 e. The fourth-order valence-electron chi connectivity index (χ4n) is 3.24. The number of hydrogen-bond acceptors (Lipinski definition) is 4. The lowest BCUT2D eigenvalue weighted by Crippen LogP contribution is -2.39. The highest BCUT2D eigenvalue weighted by Crippen LogP contribution is 2.45. The van der Waals surface area contributed by atoms with Gasteiger partial charge in [-0.1, -0.05) is 30.7 Å². The average molecular weight is 378 g/mol. The molecule has 6 nitrogen and oxygen atoms in total. The average Bonchev–Trinajstić information content (AvgIpc) is 3.46. The Balaban J connectivity index is 1.30. The van der Waals surface area contributed by atoms with E-state index in [-0.39, 0.29) is 6.03 Å². The molecule has 1 saturated carbocycles. The van der Waals surface area contributed by atoms with Crippen LogP contribution in [0.15, 0.2) is 48.2 Å². The van der Waals surface area contributed by atoms with Gasteiger partial charge in [0.05, 0.1) is 6.61 Å². The van der Waals surface area contributed by atoms with Gasteiger partial charge in [-0.3, -0.25) is 5.32 Å². The van der Waals surface area contributed by atoms with Crippen molar-refractivity contribution in [2.75, 3.05) is 25.0 Å². The summed E-state index contributed by atoms with van der Waals surface area (Å²) >= 11 is 0. The molecule has 0 unspecified atom stereocenters. The first kappa shape index (κ1) is 18.5. The summed E-state index contributed by atoms with van der Waals surface area (Å²) in [5, 5.41) is 10.5. The number of hydrogen-bond donors (Lipinski definition) is 1. The van der Waals surface area contributed by atoms with Crippen molar-refractivity contribution in [3.63, 3.8) is 0 Å². The van der Waals surface area contributed by atoms with E-state index in [9.17, 15) is 4.79 Å². The molecule has 1 aromatic heterocycles. The van der Waals surface area contributed by atoms with Crippen molar-refractivity contribution in [3.05, 3.63) is 53.7 Å². The Bertz CT molecular complexity index is 852. The van der Waals surface area contributed by atoms with E-state index in [2.05, 4.69) is 40.6 Å². The van der Waals surface area contributed by atoms with Crippen molar-refractivity contribution in [3.8, 4) is 5.75 Å². The van der Waals surface area contributed by atoms with Gasteiger partial charge in [-0.05, 0) is 55.5 Å². The van der Waals surface area contributed by atoms with Gasteiger partial charge in [-0.15, -0.1) is 5.10 Å². The zero-order valence-electron chi connectivity index (χ0n) is 16.2. The number of benzene rings is 1. The number of nitrogens with zero attached hydrogens (tertiary/aromatic N) is 3. The van der Waals surface area contributed by atoms with Crippen LogP contribution >= 0.6 is 0 Å². The summed E-state index contributed by atoms with van der Waals surface area (Å²) in [6, 6.07) is 11.6. The molecule has 146 valence electrons. The van der Waals surface area contributed by atoms with Crippen molar-refractivity contribution in [1.29, 1.82) is 0 Å². The molecule has 0 spiro atoms. The summed E-state index contributed by atoms with van der Waals surface area (Å²) in [7, 11) is 0. The molecule has 1 N–H and O–H groups in total. The molecule has 1 saturated heterocycles. The number of piperidine rings is 1. The zero-order valence-corrected chi connectivity index (χ0v) is 16.2. The number of anilines is 1. The van der Waals surface area contributed by atoms with Crippen LogP contribution in [0.3, 0.4) is 0 Å². The summed E-state index contributed by atoms with van der Waals surface area (Å²) in [5.74, 6) is 1.41. The number of amides is 2. The lowest BCUT2D eigenvalue weighted by atomic mass is 10.0. The number of aromatic nitrogens is 2. The van der Waals surface area contributed by atoms with E-state index in [1.807, 2.05) is 17.0 Å². The van der Waals surface area contributed by atoms with E-state index in [0.717, 1.165) is 30.8 Å². The molecule has 0 radical (unpaired) electrons. The van der Waals surface area contributed by atoms with E-state index in [1.165, 1.54) is 18.4 Å². The van der Waals surface area contributed by atoms with Crippen LogP contribution in [0.1, 0.15) is 38.2 Å². The molecule has 4 rings (SSSR count). The summed E-state index contributed by atoms with van der Waals surface area (Å²) in [4.78, 5) is 14.2. The van der Waals surface area contributed by atoms with Gasteiger partial charge in [-0.2, -0.15) is 5.10 Å².